The summed E-state index contributed by atoms with van der Waals surface area (Å²) in [6, 6.07) is 0. The van der Waals surface area contributed by atoms with Crippen molar-refractivity contribution >= 4 is 22.3 Å². The van der Waals surface area contributed by atoms with Crippen LogP contribution in [0.1, 0.15) is 142 Å². The number of ether oxygens (including phenoxy) is 1. The van der Waals surface area contributed by atoms with Gasteiger partial charge in [-0.05, 0) is 12.8 Å². The van der Waals surface area contributed by atoms with Crippen molar-refractivity contribution in [2.45, 2.75) is 142 Å². The zero-order chi connectivity index (χ0) is 24.5. The van der Waals surface area contributed by atoms with Crippen LogP contribution in [-0.2, 0) is 24.7 Å². The van der Waals surface area contributed by atoms with Crippen molar-refractivity contribution in [3.05, 3.63) is 0 Å². The molecule has 34 heavy (non-hydrogen) atoms. The highest BCUT2D eigenvalue weighted by Gasteiger charge is 2.09. The predicted octanol–water partition coefficient (Wildman–Crippen LogP) is 7.57. The number of hydrogen-bond donors (Lipinski definition) is 4. The fourth-order valence-corrected chi connectivity index (χ4v) is 3.39. The zero-order valence-electron chi connectivity index (χ0n) is 21.9. The van der Waals surface area contributed by atoms with Crippen LogP contribution in [0, 0.1) is 0 Å². The number of unbranched alkanes of at least 4 members (excludes halogenated alkanes) is 16. The van der Waals surface area contributed by atoms with Crippen LogP contribution in [0.25, 0.3) is 0 Å². The Hall–Kier alpha value is -1.07. The summed E-state index contributed by atoms with van der Waals surface area (Å²) in [5.74, 6) is -0.669. The second-order valence-electron chi connectivity index (χ2n) is 8.45. The first-order valence-electron chi connectivity index (χ1n) is 12.6. The monoisotopic (exact) mass is 514 g/mol. The van der Waals surface area contributed by atoms with Gasteiger partial charge in [-0.15, -0.1) is 0 Å². The molecule has 0 aliphatic heterocycles. The summed E-state index contributed by atoms with van der Waals surface area (Å²) < 4.78 is 36.5. The summed E-state index contributed by atoms with van der Waals surface area (Å²) in [7, 11) is -4.67. The van der Waals surface area contributed by atoms with E-state index >= 15 is 0 Å². The fourth-order valence-electron chi connectivity index (χ4n) is 3.39. The minimum atomic E-state index is -4.67. The molecule has 0 aromatic heterocycles. The van der Waals surface area contributed by atoms with Crippen molar-refractivity contribution in [3.8, 4) is 0 Å². The third-order valence-electron chi connectivity index (χ3n) is 5.20. The van der Waals surface area contributed by atoms with Crippen LogP contribution in [0.15, 0.2) is 0 Å². The zero-order valence-corrected chi connectivity index (χ0v) is 22.7. The van der Waals surface area contributed by atoms with Gasteiger partial charge in [-0.3, -0.25) is 18.7 Å². The van der Waals surface area contributed by atoms with E-state index in [1.54, 1.807) is 0 Å². The van der Waals surface area contributed by atoms with E-state index in [0.717, 1.165) is 25.7 Å². The Morgan fingerprint density at radius 1 is 0.529 bits per heavy atom. The Morgan fingerprint density at radius 3 is 0.971 bits per heavy atom. The molecule has 0 saturated heterocycles. The Morgan fingerprint density at radius 2 is 0.735 bits per heavy atom. The van der Waals surface area contributed by atoms with Crippen LogP contribution in [-0.4, -0.2) is 29.5 Å². The lowest BCUT2D eigenvalue weighted by atomic mass is 10.1. The first kappa shape index (κ1) is 40.1. The third-order valence-corrected chi connectivity index (χ3v) is 5.20. The lowest BCUT2D eigenvalue weighted by molar-refractivity contribution is -0.159. The Balaban J connectivity index is -0.000000578. The molecule has 0 fully saturated rings. The molecule has 0 radical (unpaired) electrons. The van der Waals surface area contributed by atoms with E-state index in [1.807, 2.05) is 0 Å². The first-order valence-corrected chi connectivity index (χ1v) is 14.0. The van der Waals surface area contributed by atoms with Gasteiger partial charge in [0.05, 0.1) is 0 Å². The molecule has 8 N–H and O–H groups in total. The highest BCUT2D eigenvalue weighted by Crippen LogP contribution is 2.12. The van der Waals surface area contributed by atoms with Crippen LogP contribution >= 0.6 is 0 Å². The SMILES string of the molecule is CCCCCCCCCCCC(=O)OC(=O)CCCCCCCCCCC.N.N.O=S(=O)(O)O. The summed E-state index contributed by atoms with van der Waals surface area (Å²) in [4.78, 5) is 23.4. The van der Waals surface area contributed by atoms with E-state index in [4.69, 9.17) is 22.3 Å². The van der Waals surface area contributed by atoms with Crippen molar-refractivity contribution in [1.29, 1.82) is 0 Å². The van der Waals surface area contributed by atoms with E-state index in [1.165, 1.54) is 89.9 Å². The average Bonchev–Trinajstić information content (AvgIpc) is 2.70. The van der Waals surface area contributed by atoms with Crippen molar-refractivity contribution < 1.29 is 31.8 Å². The lowest BCUT2D eigenvalue weighted by Crippen LogP contribution is -2.11. The van der Waals surface area contributed by atoms with Crippen molar-refractivity contribution in [3.63, 3.8) is 0 Å². The summed E-state index contributed by atoms with van der Waals surface area (Å²) in [5.41, 5.74) is 0. The Kier molecular flexibility index (Phi) is 35.3. The maximum atomic E-state index is 11.7. The van der Waals surface area contributed by atoms with Crippen molar-refractivity contribution in [1.82, 2.24) is 12.3 Å². The molecule has 0 spiro atoms. The molecule has 208 valence electrons. The number of carbonyl (C=O) groups is 2. The minimum absolute atomic E-state index is 0. The fraction of sp³-hybridized carbons (Fsp3) is 0.917. The molecule has 9 nitrogen and oxygen atoms in total. The van der Waals surface area contributed by atoms with E-state index in [0.29, 0.717) is 12.8 Å². The molecule has 0 amide bonds. The van der Waals surface area contributed by atoms with Gasteiger partial charge in [-0.25, -0.2) is 0 Å². The number of rotatable bonds is 20. The Bertz CT molecular complexity index is 503. The molecule has 0 aliphatic carbocycles. The molecule has 0 unspecified atom stereocenters. The van der Waals surface area contributed by atoms with Crippen LogP contribution in [0.3, 0.4) is 0 Å². The van der Waals surface area contributed by atoms with Crippen molar-refractivity contribution in [2.75, 3.05) is 0 Å². The topological polar surface area (TPSA) is 188 Å². The summed E-state index contributed by atoms with van der Waals surface area (Å²) in [5, 5.41) is 0. The van der Waals surface area contributed by atoms with Gasteiger partial charge in [0.25, 0.3) is 0 Å². The number of hydrogen-bond acceptors (Lipinski definition) is 7. The summed E-state index contributed by atoms with van der Waals surface area (Å²) in [6.45, 7) is 4.47. The van der Waals surface area contributed by atoms with Gasteiger partial charge < -0.3 is 17.0 Å². The largest absolute Gasteiger partial charge is 0.394 e. The minimum Gasteiger partial charge on any atom is -0.393 e. The molecule has 0 bridgehead atoms. The molecule has 0 aliphatic rings. The molecular formula is C24H54N2O7S. The van der Waals surface area contributed by atoms with Gasteiger partial charge in [0, 0.05) is 12.8 Å². The van der Waals surface area contributed by atoms with Crippen LogP contribution in [0.2, 0.25) is 0 Å². The average molecular weight is 515 g/mol. The first-order chi connectivity index (χ1) is 15.2. The summed E-state index contributed by atoms with van der Waals surface area (Å²) in [6.07, 6.45) is 22.8. The Labute approximate surface area is 208 Å². The van der Waals surface area contributed by atoms with Crippen LogP contribution in [0.5, 0.6) is 0 Å². The number of esters is 2. The van der Waals surface area contributed by atoms with E-state index in [2.05, 4.69) is 13.8 Å². The smallest absolute Gasteiger partial charge is 0.393 e. The molecular weight excluding hydrogens is 460 g/mol. The quantitative estimate of drug-likeness (QED) is 0.0549. The van der Waals surface area contributed by atoms with Gasteiger partial charge in [0.1, 0.15) is 0 Å². The van der Waals surface area contributed by atoms with Gasteiger partial charge in [0.15, 0.2) is 0 Å². The van der Waals surface area contributed by atoms with Crippen LogP contribution in [0.4, 0.5) is 0 Å². The molecule has 0 aromatic rings. The highest BCUT2D eigenvalue weighted by atomic mass is 32.3. The molecule has 0 aromatic carbocycles. The van der Waals surface area contributed by atoms with E-state index in [9.17, 15) is 9.59 Å². The molecule has 0 heterocycles. The summed E-state index contributed by atoms with van der Waals surface area (Å²) >= 11 is 0. The van der Waals surface area contributed by atoms with Gasteiger partial charge in [-0.1, -0.05) is 117 Å². The van der Waals surface area contributed by atoms with Gasteiger partial charge in [0.2, 0.25) is 0 Å². The van der Waals surface area contributed by atoms with Crippen LogP contribution < -0.4 is 12.3 Å². The maximum Gasteiger partial charge on any atom is 0.394 e. The van der Waals surface area contributed by atoms with Gasteiger partial charge >= 0.3 is 22.3 Å². The van der Waals surface area contributed by atoms with E-state index < -0.39 is 10.4 Å². The molecule has 0 rings (SSSR count). The molecule has 10 heteroatoms. The maximum absolute atomic E-state index is 11.7. The highest BCUT2D eigenvalue weighted by molar-refractivity contribution is 7.79. The van der Waals surface area contributed by atoms with Crippen molar-refractivity contribution in [2.24, 2.45) is 0 Å². The van der Waals surface area contributed by atoms with Gasteiger partial charge in [-0.2, -0.15) is 8.42 Å². The number of carbonyl (C=O) groups excluding carboxylic acids is 2. The molecule has 0 saturated carbocycles. The second kappa shape index (κ2) is 30.0. The molecule has 0 atom stereocenters. The van der Waals surface area contributed by atoms with E-state index in [-0.39, 0.29) is 24.2 Å². The normalized spacial score (nSPS) is 10.4. The third kappa shape index (κ3) is 44.6. The lowest BCUT2D eigenvalue weighted by Gasteiger charge is -2.04. The standard InChI is InChI=1S/C24H46O3.2H3N.H2O4S/c1-3-5-7-9-11-13-15-17-19-21-23(25)27-24(26)22-20-18-16-14-12-10-8-6-4-2;;;1-5(2,3)4/h3-22H2,1-2H3;2*1H3;(H2,1,2,3,4). The predicted molar refractivity (Wildman–Crippen MR) is 139 cm³/mol. The second-order valence-corrected chi connectivity index (χ2v) is 9.35.